The molecule has 1 aromatic heterocycles. The smallest absolute Gasteiger partial charge is 0.310 e. The fraction of sp³-hybridized carbons (Fsp3) is 0.278. The Labute approximate surface area is 174 Å². The minimum absolute atomic E-state index is 0.0357. The number of hydrogen-bond donors (Lipinski definition) is 1. The van der Waals surface area contributed by atoms with Crippen LogP contribution < -0.4 is 5.32 Å². The molecule has 0 spiro atoms. The van der Waals surface area contributed by atoms with E-state index in [2.05, 4.69) is 10.3 Å². The molecule has 0 radical (unpaired) electrons. The third kappa shape index (κ3) is 5.02. The first-order valence-electron chi connectivity index (χ1n) is 8.13. The van der Waals surface area contributed by atoms with Crippen LogP contribution in [0.25, 0.3) is 10.2 Å². The number of anilines is 1. The molecule has 1 amide bonds. The third-order valence-electron chi connectivity index (χ3n) is 4.14. The zero-order valence-electron chi connectivity index (χ0n) is 14.0. The highest BCUT2D eigenvalue weighted by molar-refractivity contribution is 7.22. The first-order valence-corrected chi connectivity index (χ1v) is 10.1. The summed E-state index contributed by atoms with van der Waals surface area (Å²) in [5.41, 5.74) is 0.816. The number of esters is 1. The quantitative estimate of drug-likeness (QED) is 0.504. The first-order chi connectivity index (χ1) is 13.0. The van der Waals surface area contributed by atoms with E-state index in [4.69, 9.17) is 39.5 Å². The molecular formula is C18H15Cl3N2O3S. The van der Waals surface area contributed by atoms with E-state index >= 15 is 0 Å². The molecule has 1 aliphatic rings. The summed E-state index contributed by atoms with van der Waals surface area (Å²) in [6.07, 6.45) is 4.59. The zero-order chi connectivity index (χ0) is 19.4. The highest BCUT2D eigenvalue weighted by Crippen LogP contribution is 2.31. The molecule has 0 unspecified atom stereocenters. The van der Waals surface area contributed by atoms with E-state index in [9.17, 15) is 9.59 Å². The standard InChI is InChI=1S/C18H15Cl3N2O3S/c19-12(15(20)21)9-26-17(25)11-6-2-1-5-10(11)16(24)23-18-22-13-7-3-4-8-14(13)27-18/h1-4,7-8,10-11H,5-6,9H2,(H,22,23,24)/t10-,11-/m1/s1. The number of para-hydroxylation sites is 1. The van der Waals surface area contributed by atoms with Gasteiger partial charge in [-0.2, -0.15) is 0 Å². The van der Waals surface area contributed by atoms with Gasteiger partial charge in [-0.3, -0.25) is 9.59 Å². The van der Waals surface area contributed by atoms with Gasteiger partial charge in [0.15, 0.2) is 5.13 Å². The summed E-state index contributed by atoms with van der Waals surface area (Å²) >= 11 is 18.3. The van der Waals surface area contributed by atoms with Crippen LogP contribution in [0.2, 0.25) is 0 Å². The second kappa shape index (κ2) is 9.06. The van der Waals surface area contributed by atoms with Gasteiger partial charge in [0.1, 0.15) is 11.1 Å². The molecule has 0 fully saturated rings. The highest BCUT2D eigenvalue weighted by atomic mass is 35.5. The van der Waals surface area contributed by atoms with Gasteiger partial charge in [0.25, 0.3) is 0 Å². The summed E-state index contributed by atoms with van der Waals surface area (Å²) in [6.45, 7) is -0.227. The van der Waals surface area contributed by atoms with Crippen LogP contribution in [0.5, 0.6) is 0 Å². The van der Waals surface area contributed by atoms with E-state index in [1.54, 1.807) is 0 Å². The molecule has 0 saturated carbocycles. The minimum Gasteiger partial charge on any atom is -0.460 e. The average Bonchev–Trinajstić information content (AvgIpc) is 3.07. The van der Waals surface area contributed by atoms with Gasteiger partial charge in [0, 0.05) is 0 Å². The number of allylic oxidation sites excluding steroid dienone is 2. The van der Waals surface area contributed by atoms with E-state index in [0.29, 0.717) is 18.0 Å². The van der Waals surface area contributed by atoms with Gasteiger partial charge in [-0.15, -0.1) is 0 Å². The number of rotatable bonds is 5. The Hall–Kier alpha value is -1.60. The topological polar surface area (TPSA) is 68.3 Å². The predicted octanol–water partition coefficient (Wildman–Crippen LogP) is 5.25. The molecule has 1 N–H and O–H groups in total. The maximum Gasteiger partial charge on any atom is 0.310 e. The Balaban J connectivity index is 1.68. The summed E-state index contributed by atoms with van der Waals surface area (Å²) in [5.74, 6) is -1.94. The molecule has 2 atom stereocenters. The van der Waals surface area contributed by atoms with Crippen molar-refractivity contribution >= 4 is 73.4 Å². The number of hydrogen-bond acceptors (Lipinski definition) is 5. The molecule has 0 aliphatic heterocycles. The molecule has 1 aliphatic carbocycles. The lowest BCUT2D eigenvalue weighted by atomic mass is 9.82. The fourth-order valence-electron chi connectivity index (χ4n) is 2.78. The third-order valence-corrected chi connectivity index (χ3v) is 6.04. The minimum atomic E-state index is -0.608. The molecule has 27 heavy (non-hydrogen) atoms. The summed E-state index contributed by atoms with van der Waals surface area (Å²) < 4.78 is 5.98. The van der Waals surface area contributed by atoms with Crippen molar-refractivity contribution in [2.45, 2.75) is 12.8 Å². The van der Waals surface area contributed by atoms with Gasteiger partial charge in [-0.1, -0.05) is 70.4 Å². The van der Waals surface area contributed by atoms with Gasteiger partial charge in [-0.05, 0) is 25.0 Å². The second-order valence-corrected chi connectivity index (χ2v) is 8.34. The zero-order valence-corrected chi connectivity index (χ0v) is 17.0. The summed E-state index contributed by atoms with van der Waals surface area (Å²) in [5, 5.41) is 3.36. The van der Waals surface area contributed by atoms with E-state index in [0.717, 1.165) is 10.2 Å². The predicted molar refractivity (Wildman–Crippen MR) is 109 cm³/mol. The van der Waals surface area contributed by atoms with Crippen molar-refractivity contribution in [2.75, 3.05) is 11.9 Å². The summed E-state index contributed by atoms with van der Waals surface area (Å²) in [6, 6.07) is 7.62. The van der Waals surface area contributed by atoms with Crippen LogP contribution in [-0.4, -0.2) is 23.5 Å². The van der Waals surface area contributed by atoms with Gasteiger partial charge in [0.05, 0.1) is 27.1 Å². The Morgan fingerprint density at radius 3 is 2.56 bits per heavy atom. The van der Waals surface area contributed by atoms with Crippen LogP contribution in [-0.2, 0) is 14.3 Å². The van der Waals surface area contributed by atoms with Crippen molar-refractivity contribution in [3.8, 4) is 0 Å². The fourth-order valence-corrected chi connectivity index (χ4v) is 3.82. The number of ether oxygens (including phenoxy) is 1. The van der Waals surface area contributed by atoms with Crippen LogP contribution in [0.1, 0.15) is 12.8 Å². The Bertz CT molecular complexity index is 888. The lowest BCUT2D eigenvalue weighted by molar-refractivity contribution is -0.151. The lowest BCUT2D eigenvalue weighted by Crippen LogP contribution is -2.36. The molecule has 142 valence electrons. The second-order valence-electron chi connectivity index (χ2n) is 5.90. The van der Waals surface area contributed by atoms with E-state index in [1.807, 2.05) is 36.4 Å². The number of benzene rings is 1. The monoisotopic (exact) mass is 444 g/mol. The number of carbonyl (C=O) groups excluding carboxylic acids is 2. The number of nitrogens with one attached hydrogen (secondary N) is 1. The van der Waals surface area contributed by atoms with E-state index in [-0.39, 0.29) is 22.0 Å². The normalized spacial score (nSPS) is 18.9. The molecule has 1 aromatic carbocycles. The maximum atomic E-state index is 12.7. The van der Waals surface area contributed by atoms with E-state index < -0.39 is 17.8 Å². The number of halogens is 3. The van der Waals surface area contributed by atoms with Crippen LogP contribution in [0.3, 0.4) is 0 Å². The van der Waals surface area contributed by atoms with Crippen molar-refractivity contribution in [3.05, 3.63) is 45.9 Å². The van der Waals surface area contributed by atoms with Crippen LogP contribution in [0.4, 0.5) is 5.13 Å². The Kier molecular flexibility index (Phi) is 6.76. The van der Waals surface area contributed by atoms with Crippen molar-refractivity contribution in [1.29, 1.82) is 0 Å². The molecule has 5 nitrogen and oxygen atoms in total. The molecule has 1 heterocycles. The summed E-state index contributed by atoms with van der Waals surface area (Å²) in [7, 11) is 0. The molecule has 0 bridgehead atoms. The lowest BCUT2D eigenvalue weighted by Gasteiger charge is -2.25. The molecule has 9 heteroatoms. The summed E-state index contributed by atoms with van der Waals surface area (Å²) in [4.78, 5) is 29.6. The SMILES string of the molecule is O=C(Nc1nc2ccccc2s1)[C@@H]1CC=CC[C@H]1C(=O)OCC(Cl)=C(Cl)Cl. The number of thiazole rings is 1. The molecule has 2 aromatic rings. The number of fused-ring (bicyclic) bond motifs is 1. The van der Waals surface area contributed by atoms with Crippen LogP contribution >= 0.6 is 46.1 Å². The number of carbonyl (C=O) groups is 2. The Morgan fingerprint density at radius 1 is 1.15 bits per heavy atom. The number of aromatic nitrogens is 1. The largest absolute Gasteiger partial charge is 0.460 e. The highest BCUT2D eigenvalue weighted by Gasteiger charge is 2.35. The first kappa shape index (κ1) is 20.1. The molecule has 3 rings (SSSR count). The van der Waals surface area contributed by atoms with Gasteiger partial charge in [-0.25, -0.2) is 4.98 Å². The van der Waals surface area contributed by atoms with Crippen LogP contribution in [0.15, 0.2) is 45.9 Å². The van der Waals surface area contributed by atoms with Gasteiger partial charge in [0.2, 0.25) is 5.91 Å². The van der Waals surface area contributed by atoms with Gasteiger partial charge >= 0.3 is 5.97 Å². The van der Waals surface area contributed by atoms with E-state index in [1.165, 1.54) is 11.3 Å². The van der Waals surface area contributed by atoms with Crippen molar-refractivity contribution in [2.24, 2.45) is 11.8 Å². The van der Waals surface area contributed by atoms with Crippen molar-refractivity contribution in [3.63, 3.8) is 0 Å². The maximum absolute atomic E-state index is 12.7. The van der Waals surface area contributed by atoms with Crippen LogP contribution in [0, 0.1) is 11.8 Å². The van der Waals surface area contributed by atoms with Crippen molar-refractivity contribution < 1.29 is 14.3 Å². The van der Waals surface area contributed by atoms with Crippen molar-refractivity contribution in [1.82, 2.24) is 4.98 Å². The number of nitrogens with zero attached hydrogens (tertiary/aromatic N) is 1. The Morgan fingerprint density at radius 2 is 1.85 bits per heavy atom. The number of amides is 1. The molecule has 0 saturated heterocycles. The van der Waals surface area contributed by atoms with Gasteiger partial charge < -0.3 is 10.1 Å². The average molecular weight is 446 g/mol. The molecular weight excluding hydrogens is 431 g/mol.